The molecule has 0 saturated carbocycles. The van der Waals surface area contributed by atoms with E-state index < -0.39 is 0 Å². The fourth-order valence-electron chi connectivity index (χ4n) is 4.91. The fraction of sp³-hybridized carbons (Fsp3) is 0.286. The van der Waals surface area contributed by atoms with Crippen molar-refractivity contribution < 1.29 is 4.79 Å². The van der Waals surface area contributed by atoms with Crippen LogP contribution in [0.25, 0.3) is 11.0 Å². The smallest absolute Gasteiger partial charge is 0.329 e. The lowest BCUT2D eigenvalue weighted by molar-refractivity contribution is -0.133. The predicted molar refractivity (Wildman–Crippen MR) is 131 cm³/mol. The van der Waals surface area contributed by atoms with Gasteiger partial charge in [-0.1, -0.05) is 72.8 Å². The average Bonchev–Trinajstić information content (AvgIpc) is 3.12. The van der Waals surface area contributed by atoms with Gasteiger partial charge in [-0.3, -0.25) is 13.9 Å². The number of carbonyl (C=O) groups excluding carboxylic acids is 1. The third-order valence-corrected chi connectivity index (χ3v) is 6.74. The molecule has 1 saturated heterocycles. The van der Waals surface area contributed by atoms with Gasteiger partial charge in [0.1, 0.15) is 6.54 Å². The number of rotatable bonds is 6. The molecule has 0 atom stereocenters. The number of likely N-dealkylation sites (tertiary alicyclic amines) is 1. The third kappa shape index (κ3) is 4.63. The Kier molecular flexibility index (Phi) is 6.11. The molecule has 0 unspecified atom stereocenters. The molecule has 2 heterocycles. The first-order valence-corrected chi connectivity index (χ1v) is 11.7. The number of carbonyl (C=O) groups is 1. The Balaban J connectivity index is 1.30. The van der Waals surface area contributed by atoms with Gasteiger partial charge in [-0.15, -0.1) is 0 Å². The van der Waals surface area contributed by atoms with Crippen LogP contribution in [-0.2, 0) is 24.3 Å². The Labute approximate surface area is 193 Å². The summed E-state index contributed by atoms with van der Waals surface area (Å²) < 4.78 is 3.40. The van der Waals surface area contributed by atoms with Crippen molar-refractivity contribution >= 4 is 16.9 Å². The molecule has 5 heteroatoms. The topological polar surface area (TPSA) is 47.2 Å². The number of benzene rings is 3. The van der Waals surface area contributed by atoms with Crippen molar-refractivity contribution in [3.05, 3.63) is 107 Å². The van der Waals surface area contributed by atoms with Gasteiger partial charge in [-0.2, -0.15) is 0 Å². The Bertz CT molecular complexity index is 1280. The first kappa shape index (κ1) is 21.3. The lowest BCUT2D eigenvalue weighted by Crippen LogP contribution is -2.42. The molecule has 5 nitrogen and oxygen atoms in total. The number of amides is 1. The molecule has 33 heavy (non-hydrogen) atoms. The van der Waals surface area contributed by atoms with E-state index in [2.05, 4.69) is 24.3 Å². The van der Waals surface area contributed by atoms with Crippen molar-refractivity contribution in [1.82, 2.24) is 14.0 Å². The highest BCUT2D eigenvalue weighted by molar-refractivity contribution is 5.81. The van der Waals surface area contributed by atoms with E-state index in [4.69, 9.17) is 0 Å². The summed E-state index contributed by atoms with van der Waals surface area (Å²) in [7, 11) is 0. The average molecular weight is 440 g/mol. The molecule has 0 aliphatic carbocycles. The quantitative estimate of drug-likeness (QED) is 0.449. The summed E-state index contributed by atoms with van der Waals surface area (Å²) in [6, 6.07) is 28.3. The molecule has 1 aliphatic rings. The second-order valence-electron chi connectivity index (χ2n) is 8.94. The number of aromatic nitrogens is 2. The summed E-state index contributed by atoms with van der Waals surface area (Å²) in [5.41, 5.74) is 3.97. The molecule has 0 radical (unpaired) electrons. The highest BCUT2D eigenvalue weighted by atomic mass is 16.2. The van der Waals surface area contributed by atoms with Gasteiger partial charge in [0, 0.05) is 13.1 Å². The van der Waals surface area contributed by atoms with Crippen LogP contribution in [0.3, 0.4) is 0 Å². The molecule has 1 amide bonds. The minimum absolute atomic E-state index is 0.0258. The van der Waals surface area contributed by atoms with Crippen LogP contribution in [0.2, 0.25) is 0 Å². The van der Waals surface area contributed by atoms with Crippen LogP contribution < -0.4 is 5.69 Å². The van der Waals surface area contributed by atoms with Crippen LogP contribution in [-0.4, -0.2) is 33.0 Å². The second kappa shape index (κ2) is 9.49. The molecule has 4 aromatic rings. The van der Waals surface area contributed by atoms with E-state index in [0.29, 0.717) is 12.5 Å². The van der Waals surface area contributed by atoms with Crippen molar-refractivity contribution in [2.45, 2.75) is 32.4 Å². The third-order valence-electron chi connectivity index (χ3n) is 6.74. The molecular weight excluding hydrogens is 410 g/mol. The number of fused-ring (bicyclic) bond motifs is 1. The van der Waals surface area contributed by atoms with Crippen LogP contribution in [0.1, 0.15) is 24.0 Å². The second-order valence-corrected chi connectivity index (χ2v) is 8.94. The number of para-hydroxylation sites is 2. The fourth-order valence-corrected chi connectivity index (χ4v) is 4.91. The van der Waals surface area contributed by atoms with E-state index in [1.807, 2.05) is 65.6 Å². The Hall–Kier alpha value is -3.60. The minimum atomic E-state index is -0.132. The first-order valence-electron chi connectivity index (χ1n) is 11.7. The number of hydrogen-bond acceptors (Lipinski definition) is 2. The maximum Gasteiger partial charge on any atom is 0.329 e. The van der Waals surface area contributed by atoms with Gasteiger partial charge in [0.05, 0.1) is 17.6 Å². The van der Waals surface area contributed by atoms with Gasteiger partial charge >= 0.3 is 5.69 Å². The summed E-state index contributed by atoms with van der Waals surface area (Å²) in [4.78, 5) is 28.4. The van der Waals surface area contributed by atoms with E-state index in [1.165, 1.54) is 5.56 Å². The number of nitrogens with zero attached hydrogens (tertiary/aromatic N) is 3. The molecule has 0 N–H and O–H groups in total. The number of piperidine rings is 1. The lowest BCUT2D eigenvalue weighted by Gasteiger charge is -2.32. The van der Waals surface area contributed by atoms with E-state index in [0.717, 1.165) is 48.9 Å². The minimum Gasteiger partial charge on any atom is -0.341 e. The summed E-state index contributed by atoms with van der Waals surface area (Å²) >= 11 is 0. The molecule has 0 bridgehead atoms. The van der Waals surface area contributed by atoms with Gasteiger partial charge < -0.3 is 4.90 Å². The van der Waals surface area contributed by atoms with Gasteiger partial charge in [0.25, 0.3) is 0 Å². The van der Waals surface area contributed by atoms with Crippen LogP contribution >= 0.6 is 0 Å². The molecule has 5 rings (SSSR count). The Morgan fingerprint density at radius 3 is 1.91 bits per heavy atom. The van der Waals surface area contributed by atoms with Crippen molar-refractivity contribution in [2.24, 2.45) is 5.92 Å². The van der Waals surface area contributed by atoms with Crippen LogP contribution in [0, 0.1) is 5.92 Å². The molecule has 3 aromatic carbocycles. The largest absolute Gasteiger partial charge is 0.341 e. The molecule has 0 spiro atoms. The van der Waals surface area contributed by atoms with E-state index in [9.17, 15) is 9.59 Å². The predicted octanol–water partition coefficient (Wildman–Crippen LogP) is 4.33. The standard InChI is InChI=1S/C28H29N3O2/c32-27(29-17-15-23(16-18-29)19-22-9-3-1-4-10-22)21-31-26-14-8-7-13-25(26)30(28(31)33)20-24-11-5-2-6-12-24/h1-14,23H,15-21H2. The maximum absolute atomic E-state index is 13.3. The van der Waals surface area contributed by atoms with Crippen molar-refractivity contribution in [2.75, 3.05) is 13.1 Å². The monoisotopic (exact) mass is 439 g/mol. The molecule has 1 aromatic heterocycles. The number of hydrogen-bond donors (Lipinski definition) is 0. The zero-order valence-electron chi connectivity index (χ0n) is 18.8. The van der Waals surface area contributed by atoms with Crippen molar-refractivity contribution in [1.29, 1.82) is 0 Å². The SMILES string of the molecule is O=C(Cn1c(=O)n(Cc2ccccc2)c2ccccc21)N1CCC(Cc2ccccc2)CC1. The Morgan fingerprint density at radius 1 is 0.727 bits per heavy atom. The van der Waals surface area contributed by atoms with E-state index in [-0.39, 0.29) is 18.1 Å². The van der Waals surface area contributed by atoms with Crippen LogP contribution in [0.15, 0.2) is 89.7 Å². The Morgan fingerprint density at radius 2 is 1.27 bits per heavy atom. The van der Waals surface area contributed by atoms with E-state index >= 15 is 0 Å². The molecule has 168 valence electrons. The molecule has 1 aliphatic heterocycles. The first-order chi connectivity index (χ1) is 16.2. The lowest BCUT2D eigenvalue weighted by atomic mass is 9.90. The summed E-state index contributed by atoms with van der Waals surface area (Å²) in [6.45, 7) is 2.10. The zero-order chi connectivity index (χ0) is 22.6. The van der Waals surface area contributed by atoms with Crippen molar-refractivity contribution in [3.63, 3.8) is 0 Å². The molecular formula is C28H29N3O2. The van der Waals surface area contributed by atoms with Gasteiger partial charge in [-0.05, 0) is 48.4 Å². The highest BCUT2D eigenvalue weighted by Gasteiger charge is 2.24. The molecule has 1 fully saturated rings. The van der Waals surface area contributed by atoms with E-state index in [1.54, 1.807) is 9.13 Å². The van der Waals surface area contributed by atoms with Crippen LogP contribution in [0.4, 0.5) is 0 Å². The maximum atomic E-state index is 13.3. The van der Waals surface area contributed by atoms with Crippen LogP contribution in [0.5, 0.6) is 0 Å². The number of imidazole rings is 1. The van der Waals surface area contributed by atoms with Gasteiger partial charge in [-0.25, -0.2) is 4.79 Å². The summed E-state index contributed by atoms with van der Waals surface area (Å²) in [5.74, 6) is 0.629. The summed E-state index contributed by atoms with van der Waals surface area (Å²) in [5, 5.41) is 0. The zero-order valence-corrected chi connectivity index (χ0v) is 18.8. The van der Waals surface area contributed by atoms with Gasteiger partial charge in [0.2, 0.25) is 5.91 Å². The van der Waals surface area contributed by atoms with Gasteiger partial charge in [0.15, 0.2) is 0 Å². The summed E-state index contributed by atoms with van der Waals surface area (Å²) in [6.07, 6.45) is 3.08. The van der Waals surface area contributed by atoms with Crippen molar-refractivity contribution in [3.8, 4) is 0 Å². The highest BCUT2D eigenvalue weighted by Crippen LogP contribution is 2.22. The normalized spacial score (nSPS) is 14.6.